The molecular weight excluding hydrogens is 190 g/mol. The Morgan fingerprint density at radius 1 is 1.85 bits per heavy atom. The quantitative estimate of drug-likeness (QED) is 0.600. The third-order valence-corrected chi connectivity index (χ3v) is 2.12. The van der Waals surface area contributed by atoms with Crippen molar-refractivity contribution in [2.45, 2.75) is 19.4 Å². The second-order valence-corrected chi connectivity index (χ2v) is 3.21. The van der Waals surface area contributed by atoms with E-state index in [1.54, 1.807) is 7.05 Å². The number of rotatable bonds is 3. The molecule has 1 aliphatic heterocycles. The van der Waals surface area contributed by atoms with Gasteiger partial charge in [0.25, 0.3) is 0 Å². The molecule has 0 fully saturated rings. The Kier molecular flexibility index (Phi) is 3.42. The molecule has 1 rings (SSSR count). The molecular formula is C8H14ClN3O. The average molecular weight is 204 g/mol. The van der Waals surface area contributed by atoms with Crippen LogP contribution in [0.5, 0.6) is 0 Å². The van der Waals surface area contributed by atoms with Crippen LogP contribution in [0.15, 0.2) is 11.6 Å². The van der Waals surface area contributed by atoms with Crippen LogP contribution in [0.1, 0.15) is 13.3 Å². The van der Waals surface area contributed by atoms with Gasteiger partial charge in [0.1, 0.15) is 12.4 Å². The van der Waals surface area contributed by atoms with Crippen LogP contribution in [0, 0.1) is 5.41 Å². The molecule has 1 aliphatic rings. The zero-order valence-corrected chi connectivity index (χ0v) is 8.53. The van der Waals surface area contributed by atoms with Crippen LogP contribution < -0.4 is 10.6 Å². The summed E-state index contributed by atoms with van der Waals surface area (Å²) in [7, 11) is 1.77. The molecule has 1 heterocycles. The van der Waals surface area contributed by atoms with Crippen molar-refractivity contribution in [2.75, 3.05) is 13.7 Å². The molecule has 0 spiro atoms. The highest BCUT2D eigenvalue weighted by molar-refractivity contribution is 6.68. The van der Waals surface area contributed by atoms with Gasteiger partial charge in [0.15, 0.2) is 10.9 Å². The molecule has 1 atom stereocenters. The number of halogens is 1. The molecule has 0 saturated carbocycles. The van der Waals surface area contributed by atoms with Crippen LogP contribution in [-0.2, 0) is 4.74 Å². The molecule has 13 heavy (non-hydrogen) atoms. The standard InChI is InChI=1S/C8H14ClN3O/c1-3-5-4-13-6(7(9)10)8(11-2)12-5/h5,10-12H,3-4H2,1-2H3. The molecule has 0 radical (unpaired) electrons. The molecule has 5 heteroatoms. The number of hydrogen-bond acceptors (Lipinski definition) is 4. The fourth-order valence-electron chi connectivity index (χ4n) is 1.15. The summed E-state index contributed by atoms with van der Waals surface area (Å²) < 4.78 is 5.34. The Morgan fingerprint density at radius 2 is 2.54 bits per heavy atom. The van der Waals surface area contributed by atoms with E-state index in [-0.39, 0.29) is 5.17 Å². The predicted molar refractivity (Wildman–Crippen MR) is 52.8 cm³/mol. The van der Waals surface area contributed by atoms with E-state index in [1.165, 1.54) is 0 Å². The summed E-state index contributed by atoms with van der Waals surface area (Å²) in [5.41, 5.74) is 0. The van der Waals surface area contributed by atoms with E-state index >= 15 is 0 Å². The maximum Gasteiger partial charge on any atom is 0.196 e. The molecule has 0 aromatic carbocycles. The third-order valence-electron chi connectivity index (χ3n) is 1.95. The molecule has 4 nitrogen and oxygen atoms in total. The molecule has 0 aromatic heterocycles. The Labute approximate surface area is 82.8 Å². The molecule has 74 valence electrons. The second kappa shape index (κ2) is 4.37. The van der Waals surface area contributed by atoms with Gasteiger partial charge in [0.2, 0.25) is 0 Å². The molecule has 0 aliphatic carbocycles. The highest BCUT2D eigenvalue weighted by Crippen LogP contribution is 2.13. The normalized spacial score (nSPS) is 21.9. The van der Waals surface area contributed by atoms with Gasteiger partial charge in [0.05, 0.1) is 6.04 Å². The van der Waals surface area contributed by atoms with Gasteiger partial charge in [-0.05, 0) is 6.42 Å². The van der Waals surface area contributed by atoms with E-state index < -0.39 is 0 Å². The monoisotopic (exact) mass is 203 g/mol. The Balaban J connectivity index is 2.78. The number of ether oxygens (including phenoxy) is 1. The minimum absolute atomic E-state index is 0.0774. The highest BCUT2D eigenvalue weighted by Gasteiger charge is 2.21. The van der Waals surface area contributed by atoms with Crippen molar-refractivity contribution in [3.8, 4) is 0 Å². The molecule has 0 aromatic rings. The lowest BCUT2D eigenvalue weighted by molar-refractivity contribution is 0.166. The SMILES string of the molecule is CCC1COC(C(=N)Cl)=C(NC)N1. The van der Waals surface area contributed by atoms with E-state index in [1.807, 2.05) is 0 Å². The number of hydrogen-bond donors (Lipinski definition) is 3. The first kappa shape index (κ1) is 10.2. The zero-order valence-electron chi connectivity index (χ0n) is 7.78. The van der Waals surface area contributed by atoms with Crippen molar-refractivity contribution >= 4 is 16.8 Å². The third kappa shape index (κ3) is 2.28. The first-order chi connectivity index (χ1) is 6.19. The van der Waals surface area contributed by atoms with E-state index in [2.05, 4.69) is 17.6 Å². The van der Waals surface area contributed by atoms with Crippen LogP contribution in [0.3, 0.4) is 0 Å². The lowest BCUT2D eigenvalue weighted by Crippen LogP contribution is -2.42. The maximum atomic E-state index is 7.25. The van der Waals surface area contributed by atoms with Crippen molar-refractivity contribution < 1.29 is 4.74 Å². The summed E-state index contributed by atoms with van der Waals surface area (Å²) in [6, 6.07) is 0.294. The van der Waals surface area contributed by atoms with Gasteiger partial charge in [-0.15, -0.1) is 0 Å². The van der Waals surface area contributed by atoms with E-state index in [0.29, 0.717) is 24.2 Å². The first-order valence-electron chi connectivity index (χ1n) is 4.24. The zero-order chi connectivity index (χ0) is 9.84. The summed E-state index contributed by atoms with van der Waals surface area (Å²) in [4.78, 5) is 0. The Hall–Kier alpha value is -0.900. The average Bonchev–Trinajstić information content (AvgIpc) is 2.16. The summed E-state index contributed by atoms with van der Waals surface area (Å²) in [6.07, 6.45) is 0.980. The lowest BCUT2D eigenvalue weighted by atomic mass is 10.2. The van der Waals surface area contributed by atoms with Gasteiger partial charge in [-0.2, -0.15) is 0 Å². The van der Waals surface area contributed by atoms with Crippen LogP contribution >= 0.6 is 11.6 Å². The first-order valence-corrected chi connectivity index (χ1v) is 4.62. The fourth-order valence-corrected chi connectivity index (χ4v) is 1.30. The van der Waals surface area contributed by atoms with Gasteiger partial charge in [-0.3, -0.25) is 5.41 Å². The van der Waals surface area contributed by atoms with Crippen molar-refractivity contribution in [3.05, 3.63) is 11.6 Å². The summed E-state index contributed by atoms with van der Waals surface area (Å²) in [5, 5.41) is 13.3. The lowest BCUT2D eigenvalue weighted by Gasteiger charge is -2.28. The summed E-state index contributed by atoms with van der Waals surface area (Å²) in [5.74, 6) is 1.09. The smallest absolute Gasteiger partial charge is 0.196 e. The van der Waals surface area contributed by atoms with Gasteiger partial charge in [0, 0.05) is 7.05 Å². The van der Waals surface area contributed by atoms with Crippen LogP contribution in [-0.4, -0.2) is 24.9 Å². The van der Waals surface area contributed by atoms with E-state index in [4.69, 9.17) is 21.7 Å². The van der Waals surface area contributed by atoms with Crippen molar-refractivity contribution in [2.24, 2.45) is 0 Å². The van der Waals surface area contributed by atoms with Crippen LogP contribution in [0.4, 0.5) is 0 Å². The molecule has 3 N–H and O–H groups in total. The van der Waals surface area contributed by atoms with Crippen LogP contribution in [0.2, 0.25) is 0 Å². The van der Waals surface area contributed by atoms with Gasteiger partial charge < -0.3 is 15.4 Å². The predicted octanol–water partition coefficient (Wildman–Crippen LogP) is 0.989. The Morgan fingerprint density at radius 3 is 3.00 bits per heavy atom. The van der Waals surface area contributed by atoms with Crippen molar-refractivity contribution in [1.29, 1.82) is 5.41 Å². The largest absolute Gasteiger partial charge is 0.485 e. The van der Waals surface area contributed by atoms with Crippen molar-refractivity contribution in [3.63, 3.8) is 0 Å². The minimum Gasteiger partial charge on any atom is -0.485 e. The van der Waals surface area contributed by atoms with Crippen molar-refractivity contribution in [1.82, 2.24) is 10.6 Å². The Bertz CT molecular complexity index is 240. The number of nitrogens with one attached hydrogen (secondary N) is 3. The summed E-state index contributed by atoms with van der Waals surface area (Å²) in [6.45, 7) is 2.64. The second-order valence-electron chi connectivity index (χ2n) is 2.83. The van der Waals surface area contributed by atoms with E-state index in [0.717, 1.165) is 6.42 Å². The molecule has 0 bridgehead atoms. The summed E-state index contributed by atoms with van der Waals surface area (Å²) >= 11 is 5.54. The van der Waals surface area contributed by atoms with Gasteiger partial charge in [-0.25, -0.2) is 0 Å². The minimum atomic E-state index is -0.0774. The maximum absolute atomic E-state index is 7.25. The fraction of sp³-hybridized carbons (Fsp3) is 0.625. The van der Waals surface area contributed by atoms with Crippen LogP contribution in [0.25, 0.3) is 0 Å². The molecule has 0 amide bonds. The van der Waals surface area contributed by atoms with Gasteiger partial charge >= 0.3 is 0 Å². The topological polar surface area (TPSA) is 57.1 Å². The number of allylic oxidation sites excluding steroid dienone is 1. The molecule has 0 saturated heterocycles. The highest BCUT2D eigenvalue weighted by atomic mass is 35.5. The van der Waals surface area contributed by atoms with Gasteiger partial charge in [-0.1, -0.05) is 18.5 Å². The molecule has 1 unspecified atom stereocenters. The van der Waals surface area contributed by atoms with E-state index in [9.17, 15) is 0 Å².